The molecule has 0 unspecified atom stereocenters. The first-order valence-electron chi connectivity index (χ1n) is 3.37. The van der Waals surface area contributed by atoms with Crippen LogP contribution in [0.3, 0.4) is 0 Å². The van der Waals surface area contributed by atoms with Crippen LogP contribution in [0, 0.1) is 0 Å². The van der Waals surface area contributed by atoms with Gasteiger partial charge in [-0.2, -0.15) is 0 Å². The number of aliphatic carboxylic acids is 1. The second-order valence-electron chi connectivity index (χ2n) is 2.14. The predicted molar refractivity (Wildman–Crippen MR) is 42.4 cm³/mol. The quantitative estimate of drug-likeness (QED) is 0.276. The molecule has 0 spiro atoms. The summed E-state index contributed by atoms with van der Waals surface area (Å²) in [4.78, 5) is 13.9. The second kappa shape index (κ2) is 5.67. The molecule has 0 rings (SSSR count). The van der Waals surface area contributed by atoms with E-state index >= 15 is 0 Å². The van der Waals surface area contributed by atoms with Crippen LogP contribution in [0.15, 0.2) is 4.99 Å². The number of nitrogens with zero attached hydrogens (tertiary/aromatic N) is 1. The van der Waals surface area contributed by atoms with Crippen LogP contribution in [0.2, 0.25) is 0 Å². The molecule has 0 saturated carbocycles. The van der Waals surface area contributed by atoms with Crippen molar-refractivity contribution < 1.29 is 9.90 Å². The van der Waals surface area contributed by atoms with Crippen molar-refractivity contribution in [3.63, 3.8) is 0 Å². The van der Waals surface area contributed by atoms with Crippen molar-refractivity contribution in [1.29, 1.82) is 0 Å². The van der Waals surface area contributed by atoms with Gasteiger partial charge in [-0.15, -0.1) is 0 Å². The molecule has 0 aliphatic carbocycles. The summed E-state index contributed by atoms with van der Waals surface area (Å²) in [6, 6.07) is -0.775. The monoisotopic (exact) mass is 159 g/mol. The van der Waals surface area contributed by atoms with Crippen LogP contribution >= 0.6 is 0 Å². The number of carbonyl (C=O) groups is 1. The van der Waals surface area contributed by atoms with Gasteiger partial charge in [-0.05, 0) is 12.8 Å². The van der Waals surface area contributed by atoms with E-state index in [-0.39, 0.29) is 0 Å². The maximum absolute atomic E-state index is 10.2. The molecule has 0 saturated heterocycles. The van der Waals surface area contributed by atoms with E-state index in [4.69, 9.17) is 16.6 Å². The van der Waals surface area contributed by atoms with Gasteiger partial charge in [0.15, 0.2) is 0 Å². The van der Waals surface area contributed by atoms with Crippen LogP contribution in [0.1, 0.15) is 12.8 Å². The minimum atomic E-state index is -0.971. The molecule has 0 bridgehead atoms. The first-order chi connectivity index (χ1) is 5.18. The van der Waals surface area contributed by atoms with Gasteiger partial charge in [0.25, 0.3) is 0 Å². The Morgan fingerprint density at radius 2 is 2.36 bits per heavy atom. The lowest BCUT2D eigenvalue weighted by Crippen LogP contribution is -2.29. The highest BCUT2D eigenvalue weighted by atomic mass is 16.4. The number of hydrogen-bond donors (Lipinski definition) is 3. The molecule has 0 radical (unpaired) electrons. The molecule has 0 heterocycles. The summed E-state index contributed by atoms with van der Waals surface area (Å²) in [5, 5.41) is 8.35. The van der Waals surface area contributed by atoms with Crippen molar-refractivity contribution >= 4 is 12.3 Å². The third kappa shape index (κ3) is 5.35. The van der Waals surface area contributed by atoms with E-state index in [2.05, 4.69) is 4.99 Å². The summed E-state index contributed by atoms with van der Waals surface area (Å²) in [5.41, 5.74) is 10.2. The Hall–Kier alpha value is -1.10. The molecular formula is C6H13N3O2. The average Bonchev–Trinajstić information content (AvgIpc) is 1.97. The first-order valence-corrected chi connectivity index (χ1v) is 3.37. The molecule has 64 valence electrons. The zero-order valence-electron chi connectivity index (χ0n) is 6.23. The average molecular weight is 159 g/mol. The third-order valence-corrected chi connectivity index (χ3v) is 1.22. The zero-order valence-corrected chi connectivity index (χ0v) is 6.23. The van der Waals surface area contributed by atoms with E-state index < -0.39 is 12.0 Å². The molecule has 5 heteroatoms. The molecule has 0 aliphatic heterocycles. The van der Waals surface area contributed by atoms with Gasteiger partial charge >= 0.3 is 5.97 Å². The van der Waals surface area contributed by atoms with Gasteiger partial charge in [-0.1, -0.05) is 0 Å². The van der Waals surface area contributed by atoms with Gasteiger partial charge in [0.2, 0.25) is 0 Å². The lowest BCUT2D eigenvalue weighted by Gasteiger charge is -2.02. The molecule has 0 fully saturated rings. The molecule has 0 aromatic rings. The van der Waals surface area contributed by atoms with Gasteiger partial charge < -0.3 is 16.6 Å². The standard InChI is InChI=1S/C6H13N3O2/c7-4-9-3-1-2-5(8)6(10)11/h4-5H,1-3,8H2,(H2,7,9)(H,10,11)/t5-/m1/s1. The van der Waals surface area contributed by atoms with Crippen LogP contribution in [-0.4, -0.2) is 30.0 Å². The van der Waals surface area contributed by atoms with Gasteiger partial charge in [0, 0.05) is 6.54 Å². The lowest BCUT2D eigenvalue weighted by atomic mass is 10.2. The summed E-state index contributed by atoms with van der Waals surface area (Å²) in [6.07, 6.45) is 2.29. The highest BCUT2D eigenvalue weighted by Crippen LogP contribution is 1.94. The van der Waals surface area contributed by atoms with E-state index in [1.165, 1.54) is 6.34 Å². The van der Waals surface area contributed by atoms with Crippen LogP contribution in [0.5, 0.6) is 0 Å². The SMILES string of the molecule is NC=NCCC[C@@H](N)C(=O)O. The highest BCUT2D eigenvalue weighted by molar-refractivity contribution is 5.72. The predicted octanol–water partition coefficient (Wildman–Crippen LogP) is -0.834. The lowest BCUT2D eigenvalue weighted by molar-refractivity contribution is -0.138. The number of carboxylic acid groups (broad SMARTS) is 1. The van der Waals surface area contributed by atoms with Crippen molar-refractivity contribution in [2.24, 2.45) is 16.5 Å². The Labute approximate surface area is 65.1 Å². The Morgan fingerprint density at radius 1 is 1.73 bits per heavy atom. The number of nitrogens with two attached hydrogens (primary N) is 2. The number of carboxylic acids is 1. The summed E-state index contributed by atoms with van der Waals surface area (Å²) in [5.74, 6) is -0.971. The molecule has 5 nitrogen and oxygen atoms in total. The van der Waals surface area contributed by atoms with E-state index in [9.17, 15) is 4.79 Å². The Bertz CT molecular complexity index is 147. The van der Waals surface area contributed by atoms with E-state index in [1.54, 1.807) is 0 Å². The summed E-state index contributed by atoms with van der Waals surface area (Å²) < 4.78 is 0. The summed E-state index contributed by atoms with van der Waals surface area (Å²) >= 11 is 0. The molecule has 0 aliphatic rings. The molecule has 11 heavy (non-hydrogen) atoms. The Kier molecular flexibility index (Phi) is 5.10. The zero-order chi connectivity index (χ0) is 8.69. The number of aliphatic imine (C=N–C) groups is 1. The van der Waals surface area contributed by atoms with E-state index in [0.29, 0.717) is 19.4 Å². The summed E-state index contributed by atoms with van der Waals surface area (Å²) in [7, 11) is 0. The van der Waals surface area contributed by atoms with Gasteiger partial charge in [0.1, 0.15) is 6.04 Å². The van der Waals surface area contributed by atoms with Crippen LogP contribution in [-0.2, 0) is 4.79 Å². The van der Waals surface area contributed by atoms with Gasteiger partial charge in [0.05, 0.1) is 6.34 Å². The second-order valence-corrected chi connectivity index (χ2v) is 2.14. The fraction of sp³-hybridized carbons (Fsp3) is 0.667. The highest BCUT2D eigenvalue weighted by Gasteiger charge is 2.09. The van der Waals surface area contributed by atoms with Crippen molar-refractivity contribution in [2.45, 2.75) is 18.9 Å². The minimum Gasteiger partial charge on any atom is -0.480 e. The largest absolute Gasteiger partial charge is 0.480 e. The Balaban J connectivity index is 3.31. The fourth-order valence-corrected chi connectivity index (χ4v) is 0.600. The minimum absolute atomic E-state index is 0.437. The topological polar surface area (TPSA) is 102 Å². The molecule has 0 aromatic carbocycles. The van der Waals surface area contributed by atoms with Gasteiger partial charge in [-0.25, -0.2) is 0 Å². The Morgan fingerprint density at radius 3 is 2.82 bits per heavy atom. The van der Waals surface area contributed by atoms with Gasteiger partial charge in [-0.3, -0.25) is 9.79 Å². The van der Waals surface area contributed by atoms with Crippen molar-refractivity contribution in [3.05, 3.63) is 0 Å². The maximum atomic E-state index is 10.2. The van der Waals surface area contributed by atoms with Crippen molar-refractivity contribution in [1.82, 2.24) is 0 Å². The van der Waals surface area contributed by atoms with Crippen molar-refractivity contribution in [2.75, 3.05) is 6.54 Å². The molecule has 1 atom stereocenters. The van der Waals surface area contributed by atoms with Crippen LogP contribution in [0.25, 0.3) is 0 Å². The first kappa shape index (κ1) is 9.90. The van der Waals surface area contributed by atoms with E-state index in [1.807, 2.05) is 0 Å². The van der Waals surface area contributed by atoms with Crippen LogP contribution in [0.4, 0.5) is 0 Å². The van der Waals surface area contributed by atoms with Crippen LogP contribution < -0.4 is 11.5 Å². The normalized spacial score (nSPS) is 13.5. The van der Waals surface area contributed by atoms with E-state index in [0.717, 1.165) is 0 Å². The number of rotatable bonds is 5. The molecule has 5 N–H and O–H groups in total. The molecule has 0 aromatic heterocycles. The van der Waals surface area contributed by atoms with Crippen molar-refractivity contribution in [3.8, 4) is 0 Å². The molecule has 0 amide bonds. The third-order valence-electron chi connectivity index (χ3n) is 1.22. The summed E-state index contributed by atoms with van der Waals surface area (Å²) in [6.45, 7) is 0.539. The fourth-order valence-electron chi connectivity index (χ4n) is 0.600. The molecular weight excluding hydrogens is 146 g/mol. The smallest absolute Gasteiger partial charge is 0.320 e. The number of hydrogen-bond acceptors (Lipinski definition) is 3. The maximum Gasteiger partial charge on any atom is 0.320 e.